The average Bonchev–Trinajstić information content (AvgIpc) is 2.48. The summed E-state index contributed by atoms with van der Waals surface area (Å²) < 4.78 is 9.94. The van der Waals surface area contributed by atoms with E-state index in [-0.39, 0.29) is 50.1 Å². The van der Waals surface area contributed by atoms with Gasteiger partial charge in [-0.3, -0.25) is 0 Å². The van der Waals surface area contributed by atoms with Gasteiger partial charge in [-0.1, -0.05) is 0 Å². The van der Waals surface area contributed by atoms with E-state index in [9.17, 15) is 10.2 Å². The van der Waals surface area contributed by atoms with Gasteiger partial charge in [0.2, 0.25) is 0 Å². The summed E-state index contributed by atoms with van der Waals surface area (Å²) in [6.45, 7) is -2.10. The first kappa shape index (κ1) is 24.2. The Morgan fingerprint density at radius 2 is 1.30 bits per heavy atom. The molecular weight excluding hydrogens is 614 g/mol. The summed E-state index contributed by atoms with van der Waals surface area (Å²) in [4.78, 5) is 0. The number of hydrogen-bond acceptors (Lipinski definition) is 7. The predicted octanol–water partition coefficient (Wildman–Crippen LogP) is -1.85. The molecular formula is C10H22I2O7Te. The summed E-state index contributed by atoms with van der Waals surface area (Å²) in [6.07, 6.45) is 0. The molecule has 124 valence electrons. The fraction of sp³-hybridized carbons (Fsp3) is 1.00. The second-order valence-corrected chi connectivity index (χ2v) is 6.19. The van der Waals surface area contributed by atoms with Crippen LogP contribution in [0.5, 0.6) is 0 Å². The van der Waals surface area contributed by atoms with Crippen LogP contribution in [0, 0.1) is 10.8 Å². The second kappa shape index (κ2) is 12.4. The minimum atomic E-state index is -1.14. The van der Waals surface area contributed by atoms with Gasteiger partial charge in [0, 0.05) is 0 Å². The van der Waals surface area contributed by atoms with Crippen molar-refractivity contribution in [3.63, 3.8) is 0 Å². The molecule has 0 aromatic heterocycles. The molecule has 0 aromatic rings. The molecule has 0 aliphatic rings. The molecule has 0 bridgehead atoms. The topological polar surface area (TPSA) is 120 Å². The standard InChI is InChI=1S/C10H20I2O7.H2Te/c11-8(19-12)10(4-16,5-17)7-18-6-9(1-13,2-14)3-15;/h8,13-17H,1-7H2;1H2. The zero-order valence-corrected chi connectivity index (χ0v) is 18.0. The predicted molar refractivity (Wildman–Crippen MR) is 92.6 cm³/mol. The number of ether oxygens (including phenoxy) is 1. The first-order chi connectivity index (χ1) is 8.99. The third-order valence-corrected chi connectivity index (χ3v) is 6.05. The van der Waals surface area contributed by atoms with Crippen molar-refractivity contribution in [2.75, 3.05) is 46.2 Å². The zero-order valence-electron chi connectivity index (χ0n) is 10.8. The van der Waals surface area contributed by atoms with Crippen LogP contribution >= 0.6 is 45.6 Å². The maximum absolute atomic E-state index is 9.40. The molecule has 1 unspecified atom stereocenters. The Bertz CT molecular complexity index is 231. The van der Waals surface area contributed by atoms with Crippen LogP contribution in [0.4, 0.5) is 0 Å². The molecule has 0 saturated carbocycles. The van der Waals surface area contributed by atoms with Crippen molar-refractivity contribution in [1.29, 1.82) is 0 Å². The van der Waals surface area contributed by atoms with Crippen LogP contribution in [-0.2, 0) is 7.80 Å². The molecule has 0 amide bonds. The second-order valence-electron chi connectivity index (χ2n) is 4.55. The summed E-state index contributed by atoms with van der Waals surface area (Å²) in [5.74, 6) is 0. The summed E-state index contributed by atoms with van der Waals surface area (Å²) in [6, 6.07) is 0. The Labute approximate surface area is 162 Å². The first-order valence-electron chi connectivity index (χ1n) is 5.53. The molecule has 1 atom stereocenters. The van der Waals surface area contributed by atoms with Crippen molar-refractivity contribution in [3.05, 3.63) is 0 Å². The van der Waals surface area contributed by atoms with Crippen molar-refractivity contribution in [2.45, 2.75) is 4.11 Å². The molecule has 0 aliphatic carbocycles. The van der Waals surface area contributed by atoms with Crippen molar-refractivity contribution < 1.29 is 33.3 Å². The van der Waals surface area contributed by atoms with Crippen molar-refractivity contribution in [1.82, 2.24) is 0 Å². The molecule has 0 fully saturated rings. The Balaban J connectivity index is 0. The normalized spacial score (nSPS) is 13.9. The maximum atomic E-state index is 9.40. The van der Waals surface area contributed by atoms with Gasteiger partial charge in [-0.25, -0.2) is 0 Å². The number of aliphatic hydroxyl groups is 5. The zero-order chi connectivity index (χ0) is 14.9. The fourth-order valence-electron chi connectivity index (χ4n) is 1.20. The van der Waals surface area contributed by atoms with Gasteiger partial charge in [0.1, 0.15) is 27.1 Å². The van der Waals surface area contributed by atoms with Gasteiger partial charge < -0.3 is 33.3 Å². The fourth-order valence-corrected chi connectivity index (χ4v) is 2.32. The average molecular weight is 636 g/mol. The number of aliphatic hydroxyl groups excluding tert-OH is 5. The van der Waals surface area contributed by atoms with Gasteiger partial charge in [-0.05, 0) is 22.6 Å². The Morgan fingerprint density at radius 1 is 0.850 bits per heavy atom. The molecule has 0 radical (unpaired) electrons. The van der Waals surface area contributed by atoms with Gasteiger partial charge in [0.05, 0.1) is 57.1 Å². The molecule has 10 heteroatoms. The van der Waals surface area contributed by atoms with Crippen LogP contribution in [0.2, 0.25) is 0 Å². The van der Waals surface area contributed by atoms with E-state index in [0.29, 0.717) is 0 Å². The van der Waals surface area contributed by atoms with Crippen molar-refractivity contribution >= 4 is 69.3 Å². The van der Waals surface area contributed by atoms with Crippen LogP contribution in [0.25, 0.3) is 0 Å². The van der Waals surface area contributed by atoms with Gasteiger partial charge in [-0.15, -0.1) is 0 Å². The van der Waals surface area contributed by atoms with Crippen LogP contribution in [0.1, 0.15) is 0 Å². The van der Waals surface area contributed by atoms with Crippen LogP contribution < -0.4 is 0 Å². The monoisotopic (exact) mass is 638 g/mol. The van der Waals surface area contributed by atoms with E-state index >= 15 is 0 Å². The minimum absolute atomic E-state index is 0. The van der Waals surface area contributed by atoms with E-state index in [0.717, 1.165) is 0 Å². The SMILES string of the molecule is OCC(CO)(CO)COCC(CO)(CO)C(I)OI.[TeH2]. The van der Waals surface area contributed by atoms with Crippen molar-refractivity contribution in [2.24, 2.45) is 10.8 Å². The van der Waals surface area contributed by atoms with E-state index in [4.69, 9.17) is 23.1 Å². The Hall–Kier alpha value is 1.97. The van der Waals surface area contributed by atoms with E-state index in [2.05, 4.69) is 0 Å². The van der Waals surface area contributed by atoms with Gasteiger partial charge in [0.25, 0.3) is 0 Å². The number of hydrogen-bond donors (Lipinski definition) is 5. The van der Waals surface area contributed by atoms with Gasteiger partial charge >= 0.3 is 23.7 Å². The number of halogens is 2. The molecule has 0 saturated heterocycles. The van der Waals surface area contributed by atoms with Gasteiger partial charge in [-0.2, -0.15) is 0 Å². The van der Waals surface area contributed by atoms with Crippen LogP contribution in [-0.4, -0.2) is 99.6 Å². The Kier molecular flexibility index (Phi) is 15.0. The summed E-state index contributed by atoms with van der Waals surface area (Å²) in [7, 11) is 0. The summed E-state index contributed by atoms with van der Waals surface area (Å²) >= 11 is 3.60. The molecule has 20 heavy (non-hydrogen) atoms. The third kappa shape index (κ3) is 6.61. The molecule has 0 rings (SSSR count). The van der Waals surface area contributed by atoms with Crippen LogP contribution in [0.15, 0.2) is 0 Å². The molecule has 5 N–H and O–H groups in total. The quantitative estimate of drug-likeness (QED) is 0.103. The van der Waals surface area contributed by atoms with E-state index in [1.807, 2.05) is 22.6 Å². The van der Waals surface area contributed by atoms with E-state index in [1.165, 1.54) is 0 Å². The Morgan fingerprint density at radius 3 is 1.60 bits per heavy atom. The molecule has 0 heterocycles. The third-order valence-electron chi connectivity index (χ3n) is 2.99. The van der Waals surface area contributed by atoms with Crippen molar-refractivity contribution in [3.8, 4) is 0 Å². The first-order valence-corrected chi connectivity index (χ1v) is 7.66. The number of rotatable bonds is 11. The van der Waals surface area contributed by atoms with E-state index in [1.54, 1.807) is 23.0 Å². The van der Waals surface area contributed by atoms with Gasteiger partial charge in [0.15, 0.2) is 0 Å². The van der Waals surface area contributed by atoms with E-state index < -0.39 is 34.8 Å². The molecule has 0 aromatic carbocycles. The number of alkyl halides is 1. The molecule has 0 spiro atoms. The summed E-state index contributed by atoms with van der Waals surface area (Å²) in [5, 5.41) is 46.3. The molecule has 7 nitrogen and oxygen atoms in total. The molecule has 0 aliphatic heterocycles. The van der Waals surface area contributed by atoms with Crippen LogP contribution in [0.3, 0.4) is 0 Å². The summed E-state index contributed by atoms with van der Waals surface area (Å²) in [5.41, 5.74) is -2.13.